The first-order valence-electron chi connectivity index (χ1n) is 10.7. The van der Waals surface area contributed by atoms with Crippen LogP contribution in [0.4, 0.5) is 0 Å². The zero-order chi connectivity index (χ0) is 23.3. The average Bonchev–Trinajstić information content (AvgIpc) is 2.87. The number of rotatable bonds is 10. The van der Waals surface area contributed by atoms with E-state index in [1.807, 2.05) is 105 Å². The Kier molecular flexibility index (Phi) is 10.5. The maximum atomic E-state index is 6.02. The molecule has 0 atom stereocenters. The Morgan fingerprint density at radius 3 is 1.09 bits per heavy atom. The zero-order valence-electron chi connectivity index (χ0n) is 19.6. The van der Waals surface area contributed by atoms with Crippen LogP contribution in [0, 0.1) is 0 Å². The fourth-order valence-corrected chi connectivity index (χ4v) is 3.51. The molecule has 0 aliphatic rings. The van der Waals surface area contributed by atoms with Gasteiger partial charge < -0.3 is 23.7 Å². The van der Waals surface area contributed by atoms with Crippen LogP contribution in [0.5, 0.6) is 0 Å². The molecule has 0 fully saturated rings. The van der Waals surface area contributed by atoms with Crippen molar-refractivity contribution in [1.82, 2.24) is 0 Å². The Balaban J connectivity index is 0.000000244. The Morgan fingerprint density at radius 1 is 0.500 bits per heavy atom. The minimum atomic E-state index is -1.08. The van der Waals surface area contributed by atoms with Crippen molar-refractivity contribution in [3.8, 4) is 0 Å². The van der Waals surface area contributed by atoms with Gasteiger partial charge in [-0.2, -0.15) is 0 Å². The molecule has 0 heterocycles. The molecule has 3 rings (SSSR count). The molecule has 0 radical (unpaired) electrons. The van der Waals surface area contributed by atoms with Crippen molar-refractivity contribution in [3.63, 3.8) is 0 Å². The molecule has 0 spiro atoms. The predicted octanol–water partition coefficient (Wildman–Crippen LogP) is 5.70. The lowest BCUT2D eigenvalue weighted by molar-refractivity contribution is -0.364. The van der Waals surface area contributed by atoms with Crippen LogP contribution in [-0.2, 0) is 35.4 Å². The summed E-state index contributed by atoms with van der Waals surface area (Å²) in [6.45, 7) is 5.15. The molecular weight excluding hydrogens is 404 g/mol. The number of methoxy groups -OCH3 is 3. The standard InChI is InChI=1S/C17H20O2.C10H14O3/c1-3-18-17(19-4-2,15-11-7-5-8-12-15)16-13-9-6-10-14-16;1-11-10(12-2,13-3)9-7-5-4-6-8-9/h5-14H,3-4H2,1-2H3;4-8H,1-3H3. The monoisotopic (exact) mass is 438 g/mol. The highest BCUT2D eigenvalue weighted by atomic mass is 16.9. The molecule has 5 heteroatoms. The van der Waals surface area contributed by atoms with Crippen LogP contribution < -0.4 is 0 Å². The maximum absolute atomic E-state index is 6.02. The minimum Gasteiger partial charge on any atom is -0.342 e. The molecule has 0 saturated heterocycles. The molecule has 0 N–H and O–H groups in total. The Bertz CT molecular complexity index is 809. The van der Waals surface area contributed by atoms with Crippen LogP contribution in [0.15, 0.2) is 91.0 Å². The molecule has 0 amide bonds. The topological polar surface area (TPSA) is 46.2 Å². The Labute approximate surface area is 191 Å². The fraction of sp³-hybridized carbons (Fsp3) is 0.333. The van der Waals surface area contributed by atoms with Gasteiger partial charge in [-0.3, -0.25) is 0 Å². The van der Waals surface area contributed by atoms with E-state index in [1.165, 1.54) is 0 Å². The van der Waals surface area contributed by atoms with Gasteiger partial charge in [0.05, 0.1) is 0 Å². The van der Waals surface area contributed by atoms with Gasteiger partial charge in [0, 0.05) is 51.2 Å². The minimum absolute atomic E-state index is 0.587. The first-order valence-corrected chi connectivity index (χ1v) is 10.7. The molecule has 32 heavy (non-hydrogen) atoms. The molecule has 172 valence electrons. The number of hydrogen-bond donors (Lipinski definition) is 0. The van der Waals surface area contributed by atoms with Crippen molar-refractivity contribution in [2.75, 3.05) is 34.5 Å². The summed E-state index contributed by atoms with van der Waals surface area (Å²) in [6.07, 6.45) is 0. The van der Waals surface area contributed by atoms with E-state index in [4.69, 9.17) is 23.7 Å². The van der Waals surface area contributed by atoms with Crippen LogP contribution in [-0.4, -0.2) is 34.5 Å². The van der Waals surface area contributed by atoms with Crippen LogP contribution in [0.25, 0.3) is 0 Å². The lowest BCUT2D eigenvalue weighted by Crippen LogP contribution is -2.34. The van der Waals surface area contributed by atoms with E-state index in [0.717, 1.165) is 16.7 Å². The van der Waals surface area contributed by atoms with Crippen LogP contribution >= 0.6 is 0 Å². The van der Waals surface area contributed by atoms with Gasteiger partial charge >= 0.3 is 5.97 Å². The van der Waals surface area contributed by atoms with E-state index in [-0.39, 0.29) is 0 Å². The molecule has 0 aliphatic heterocycles. The Morgan fingerprint density at radius 2 is 0.812 bits per heavy atom. The smallest absolute Gasteiger partial charge is 0.311 e. The van der Waals surface area contributed by atoms with Crippen LogP contribution in [0.3, 0.4) is 0 Å². The fourth-order valence-electron chi connectivity index (χ4n) is 3.51. The van der Waals surface area contributed by atoms with E-state index in [2.05, 4.69) is 0 Å². The molecule has 5 nitrogen and oxygen atoms in total. The second-order valence-corrected chi connectivity index (χ2v) is 6.75. The molecule has 0 bridgehead atoms. The van der Waals surface area contributed by atoms with Gasteiger partial charge in [-0.05, 0) is 13.8 Å². The largest absolute Gasteiger partial charge is 0.342 e. The van der Waals surface area contributed by atoms with Crippen molar-refractivity contribution in [1.29, 1.82) is 0 Å². The molecule has 0 aliphatic carbocycles. The molecule has 0 unspecified atom stereocenters. The summed E-state index contributed by atoms with van der Waals surface area (Å²) in [4.78, 5) is 0. The first-order chi connectivity index (χ1) is 15.6. The highest BCUT2D eigenvalue weighted by Crippen LogP contribution is 2.35. The third kappa shape index (κ3) is 6.03. The Hall–Kier alpha value is -2.54. The van der Waals surface area contributed by atoms with Gasteiger partial charge in [0.2, 0.25) is 5.79 Å². The molecule has 3 aromatic carbocycles. The highest BCUT2D eigenvalue weighted by molar-refractivity contribution is 5.33. The molecule has 3 aromatic rings. The second-order valence-electron chi connectivity index (χ2n) is 6.75. The van der Waals surface area contributed by atoms with E-state index < -0.39 is 11.8 Å². The van der Waals surface area contributed by atoms with Gasteiger partial charge in [0.1, 0.15) is 0 Å². The number of benzene rings is 3. The lowest BCUT2D eigenvalue weighted by Gasteiger charge is -2.34. The van der Waals surface area contributed by atoms with Gasteiger partial charge in [-0.1, -0.05) is 91.0 Å². The molecule has 0 saturated carbocycles. The molecule has 0 aromatic heterocycles. The summed E-state index contributed by atoms with van der Waals surface area (Å²) in [5.41, 5.74) is 2.87. The summed E-state index contributed by atoms with van der Waals surface area (Å²) in [7, 11) is 4.62. The van der Waals surface area contributed by atoms with E-state index in [0.29, 0.717) is 13.2 Å². The van der Waals surface area contributed by atoms with Crippen LogP contribution in [0.2, 0.25) is 0 Å². The van der Waals surface area contributed by atoms with Crippen molar-refractivity contribution >= 4 is 0 Å². The quantitative estimate of drug-likeness (QED) is 0.380. The van der Waals surface area contributed by atoms with Crippen molar-refractivity contribution < 1.29 is 23.7 Å². The molecular formula is C27H34O5. The third-order valence-corrected chi connectivity index (χ3v) is 4.94. The average molecular weight is 439 g/mol. The third-order valence-electron chi connectivity index (χ3n) is 4.94. The van der Waals surface area contributed by atoms with Gasteiger partial charge in [-0.15, -0.1) is 0 Å². The van der Waals surface area contributed by atoms with E-state index in [9.17, 15) is 0 Å². The van der Waals surface area contributed by atoms with Gasteiger partial charge in [0.25, 0.3) is 0 Å². The zero-order valence-corrected chi connectivity index (χ0v) is 19.6. The van der Waals surface area contributed by atoms with Gasteiger partial charge in [-0.25, -0.2) is 0 Å². The summed E-state index contributed by atoms with van der Waals surface area (Å²) in [5.74, 6) is -1.90. The second kappa shape index (κ2) is 13.1. The SMILES string of the molecule is CCOC(OCC)(c1ccccc1)c1ccccc1.COC(OC)(OC)c1ccccc1. The summed E-state index contributed by atoms with van der Waals surface area (Å²) >= 11 is 0. The maximum Gasteiger partial charge on any atom is 0.311 e. The number of hydrogen-bond acceptors (Lipinski definition) is 5. The van der Waals surface area contributed by atoms with Crippen LogP contribution in [0.1, 0.15) is 30.5 Å². The summed E-state index contributed by atoms with van der Waals surface area (Å²) < 4.78 is 27.6. The van der Waals surface area contributed by atoms with E-state index in [1.54, 1.807) is 21.3 Å². The van der Waals surface area contributed by atoms with Gasteiger partial charge in [0.15, 0.2) is 0 Å². The van der Waals surface area contributed by atoms with Crippen molar-refractivity contribution in [3.05, 3.63) is 108 Å². The van der Waals surface area contributed by atoms with E-state index >= 15 is 0 Å². The van der Waals surface area contributed by atoms with Crippen molar-refractivity contribution in [2.45, 2.75) is 25.6 Å². The number of ether oxygens (including phenoxy) is 5. The normalized spacial score (nSPS) is 11.5. The van der Waals surface area contributed by atoms with Crippen molar-refractivity contribution in [2.24, 2.45) is 0 Å². The highest BCUT2D eigenvalue weighted by Gasteiger charge is 2.35. The summed E-state index contributed by atoms with van der Waals surface area (Å²) in [6, 6.07) is 29.7. The lowest BCUT2D eigenvalue weighted by atomic mass is 9.97. The predicted molar refractivity (Wildman–Crippen MR) is 126 cm³/mol. The first kappa shape index (κ1) is 25.7. The summed E-state index contributed by atoms with van der Waals surface area (Å²) in [5, 5.41) is 0.